The molecule has 24 heavy (non-hydrogen) atoms. The number of hydrogen-bond donors (Lipinski definition) is 2. The number of aliphatic hydroxyl groups is 1. The zero-order valence-electron chi connectivity index (χ0n) is 14.1. The van der Waals surface area contributed by atoms with Crippen molar-refractivity contribution in [2.75, 3.05) is 0 Å². The van der Waals surface area contributed by atoms with Gasteiger partial charge in [-0.25, -0.2) is 0 Å². The van der Waals surface area contributed by atoms with Crippen molar-refractivity contribution in [2.24, 2.45) is 11.8 Å². The Morgan fingerprint density at radius 3 is 2.50 bits per heavy atom. The minimum absolute atomic E-state index is 0. The van der Waals surface area contributed by atoms with Crippen LogP contribution in [0.25, 0.3) is 0 Å². The van der Waals surface area contributed by atoms with Gasteiger partial charge in [-0.3, -0.25) is 9.59 Å². The zero-order chi connectivity index (χ0) is 17.0. The van der Waals surface area contributed by atoms with Crippen LogP contribution in [0.1, 0.15) is 27.2 Å². The van der Waals surface area contributed by atoms with E-state index in [-0.39, 0.29) is 70.3 Å². The molecule has 0 spiro atoms. The minimum atomic E-state index is -1.39. The van der Waals surface area contributed by atoms with Gasteiger partial charge < -0.3 is 25.2 Å². The zero-order valence-corrected chi connectivity index (χ0v) is 16.9. The summed E-state index contributed by atoms with van der Waals surface area (Å²) in [6.07, 6.45) is -0.506. The largest absolute Gasteiger partial charge is 1.00 e. The molecular formula is C15H19N2NaO5S. The molecular weight excluding hydrogens is 343 g/mol. The van der Waals surface area contributed by atoms with Crippen molar-refractivity contribution in [2.45, 2.75) is 50.6 Å². The molecule has 0 aliphatic carbocycles. The number of rotatable bonds is 4. The predicted octanol–water partition coefficient (Wildman–Crippen LogP) is -4.18. The van der Waals surface area contributed by atoms with E-state index in [2.05, 4.69) is 5.32 Å². The third-order valence-corrected chi connectivity index (χ3v) is 6.61. The van der Waals surface area contributed by atoms with Crippen molar-refractivity contribution >= 4 is 29.5 Å². The van der Waals surface area contributed by atoms with Crippen molar-refractivity contribution in [1.29, 1.82) is 0 Å². The molecule has 2 N–H and O–H groups in total. The molecule has 0 radical (unpaired) electrons. The molecule has 3 aliphatic heterocycles. The average molecular weight is 362 g/mol. The number of aliphatic hydroxyl groups excluding tert-OH is 1. The van der Waals surface area contributed by atoms with Crippen LogP contribution in [0.15, 0.2) is 10.6 Å². The van der Waals surface area contributed by atoms with Crippen molar-refractivity contribution in [1.82, 2.24) is 10.2 Å². The molecule has 0 aromatic heterocycles. The standard InChI is InChI=1S/C15H20N2O5S.Na/c1-5-11-10(7(3)18)14(20)17(11)12(15(21)22)13(5)23-8-4-9(19)16-6(8)2;/h5-8,10-11,18H,4H2,1-3H3,(H,16,19)(H,21,22);/q;+1/p-1/t5-,6+,7-,8+,10-,11-;/m1./s1. The molecule has 3 rings (SSSR count). The topological polar surface area (TPSA) is 110 Å². The van der Waals surface area contributed by atoms with Crippen LogP contribution in [0.4, 0.5) is 0 Å². The molecule has 3 aliphatic rings. The van der Waals surface area contributed by atoms with Gasteiger partial charge in [0.05, 0.1) is 29.7 Å². The van der Waals surface area contributed by atoms with Crippen molar-refractivity contribution in [3.8, 4) is 0 Å². The number of carbonyl (C=O) groups excluding carboxylic acids is 3. The number of amides is 2. The summed E-state index contributed by atoms with van der Waals surface area (Å²) in [5, 5.41) is 24.1. The van der Waals surface area contributed by atoms with Crippen LogP contribution in [0.2, 0.25) is 0 Å². The van der Waals surface area contributed by atoms with Crippen LogP contribution in [0, 0.1) is 11.8 Å². The van der Waals surface area contributed by atoms with E-state index in [0.717, 1.165) is 0 Å². The molecule has 0 saturated carbocycles. The maximum absolute atomic E-state index is 12.2. The summed E-state index contributed by atoms with van der Waals surface area (Å²) in [7, 11) is 0. The van der Waals surface area contributed by atoms with Gasteiger partial charge in [0, 0.05) is 28.5 Å². The number of aliphatic carboxylic acids is 1. The Bertz CT molecular complexity index is 623. The molecule has 126 valence electrons. The van der Waals surface area contributed by atoms with E-state index in [1.165, 1.54) is 23.6 Å². The molecule has 9 heteroatoms. The number of carboxylic acids is 1. The van der Waals surface area contributed by atoms with Crippen molar-refractivity contribution in [3.05, 3.63) is 10.6 Å². The summed E-state index contributed by atoms with van der Waals surface area (Å²) in [6.45, 7) is 5.27. The van der Waals surface area contributed by atoms with Gasteiger partial charge >= 0.3 is 29.6 Å². The number of nitrogens with one attached hydrogen (secondary N) is 1. The summed E-state index contributed by atoms with van der Waals surface area (Å²) < 4.78 is 0. The molecule has 2 fully saturated rings. The van der Waals surface area contributed by atoms with Crippen LogP contribution >= 0.6 is 11.8 Å². The first-order valence-corrected chi connectivity index (χ1v) is 8.54. The van der Waals surface area contributed by atoms with Gasteiger partial charge in [-0.1, -0.05) is 6.92 Å². The number of β-lactam (4-membered cyclic amide) rings is 1. The Morgan fingerprint density at radius 1 is 1.42 bits per heavy atom. The second kappa shape index (κ2) is 6.99. The first kappa shape index (κ1) is 19.8. The first-order chi connectivity index (χ1) is 10.7. The van der Waals surface area contributed by atoms with Crippen LogP contribution in [-0.4, -0.2) is 51.2 Å². The molecule has 0 aromatic rings. The third kappa shape index (κ3) is 2.92. The Labute approximate surface area is 166 Å². The van der Waals surface area contributed by atoms with Crippen LogP contribution in [-0.2, 0) is 14.4 Å². The van der Waals surface area contributed by atoms with E-state index in [1.807, 2.05) is 13.8 Å². The fraction of sp³-hybridized carbons (Fsp3) is 0.667. The maximum Gasteiger partial charge on any atom is 1.00 e. The molecule has 0 bridgehead atoms. The summed E-state index contributed by atoms with van der Waals surface area (Å²) in [5.74, 6) is -2.60. The second-order valence-electron chi connectivity index (χ2n) is 6.47. The van der Waals surface area contributed by atoms with Crippen LogP contribution in [0.3, 0.4) is 0 Å². The van der Waals surface area contributed by atoms with Gasteiger partial charge in [-0.15, -0.1) is 11.8 Å². The summed E-state index contributed by atoms with van der Waals surface area (Å²) in [6, 6.07) is -0.412. The Kier molecular flexibility index (Phi) is 5.76. The van der Waals surface area contributed by atoms with E-state index in [0.29, 0.717) is 11.3 Å². The van der Waals surface area contributed by atoms with Gasteiger partial charge in [-0.2, -0.15) is 0 Å². The quantitative estimate of drug-likeness (QED) is 0.388. The fourth-order valence-electron chi connectivity index (χ4n) is 3.74. The molecule has 2 amide bonds. The number of hydrogen-bond acceptors (Lipinski definition) is 6. The first-order valence-electron chi connectivity index (χ1n) is 7.66. The number of thioether (sulfide) groups is 1. The second-order valence-corrected chi connectivity index (χ2v) is 7.75. The summed E-state index contributed by atoms with van der Waals surface area (Å²) in [5.41, 5.74) is -0.0963. The van der Waals surface area contributed by atoms with Crippen molar-refractivity contribution < 1.29 is 54.2 Å². The van der Waals surface area contributed by atoms with E-state index in [1.54, 1.807) is 0 Å². The van der Waals surface area contributed by atoms with E-state index >= 15 is 0 Å². The van der Waals surface area contributed by atoms with Crippen molar-refractivity contribution in [3.63, 3.8) is 0 Å². The Morgan fingerprint density at radius 2 is 2.04 bits per heavy atom. The summed E-state index contributed by atoms with van der Waals surface area (Å²) in [4.78, 5) is 37.1. The van der Waals surface area contributed by atoms with Gasteiger partial charge in [0.25, 0.3) is 0 Å². The molecule has 6 atom stereocenters. The Balaban J connectivity index is 0.00000208. The Hall–Kier alpha value is -0.540. The van der Waals surface area contributed by atoms with Gasteiger partial charge in [0.15, 0.2) is 0 Å². The number of carboxylic acid groups (broad SMARTS) is 1. The third-order valence-electron chi connectivity index (χ3n) is 4.91. The van der Waals surface area contributed by atoms with Crippen LogP contribution in [0.5, 0.6) is 0 Å². The van der Waals surface area contributed by atoms with Crippen LogP contribution < -0.4 is 40.0 Å². The smallest absolute Gasteiger partial charge is 0.543 e. The molecule has 7 nitrogen and oxygen atoms in total. The maximum atomic E-state index is 12.2. The van der Waals surface area contributed by atoms with E-state index < -0.39 is 18.0 Å². The minimum Gasteiger partial charge on any atom is -0.543 e. The fourth-order valence-corrected chi connectivity index (χ4v) is 5.22. The normalized spacial score (nSPS) is 36.0. The molecule has 0 aromatic carbocycles. The number of nitrogens with zero attached hydrogens (tertiary/aromatic N) is 1. The van der Waals surface area contributed by atoms with E-state index in [9.17, 15) is 24.6 Å². The average Bonchev–Trinajstić information content (AvgIpc) is 2.87. The molecule has 3 heterocycles. The van der Waals surface area contributed by atoms with Gasteiger partial charge in [-0.05, 0) is 13.8 Å². The van der Waals surface area contributed by atoms with Gasteiger partial charge in [0.1, 0.15) is 0 Å². The molecule has 0 unspecified atom stereocenters. The monoisotopic (exact) mass is 362 g/mol. The van der Waals surface area contributed by atoms with Gasteiger partial charge in [0.2, 0.25) is 11.8 Å². The molecule has 2 saturated heterocycles. The predicted molar refractivity (Wildman–Crippen MR) is 80.6 cm³/mol. The SMILES string of the molecule is C[C@@H]1NC(=O)C[C@@H]1SC1=C(C(=O)[O-])N2C(=O)[C@H]([C@@H](C)O)[C@H]2[C@H]1C.[Na+]. The number of fused-ring (bicyclic) bond motifs is 1. The summed E-state index contributed by atoms with van der Waals surface area (Å²) >= 11 is 1.33. The number of carbonyl (C=O) groups is 3. The van der Waals surface area contributed by atoms with E-state index in [4.69, 9.17) is 0 Å².